The van der Waals surface area contributed by atoms with E-state index in [2.05, 4.69) is 0 Å². The van der Waals surface area contributed by atoms with Gasteiger partial charge in [0, 0.05) is 17.0 Å². The van der Waals surface area contributed by atoms with Crippen LogP contribution in [0.2, 0.25) is 0 Å². The fourth-order valence-corrected chi connectivity index (χ4v) is 3.14. The molecule has 1 aliphatic rings. The van der Waals surface area contributed by atoms with Crippen molar-refractivity contribution in [1.29, 1.82) is 0 Å². The minimum atomic E-state index is -0.826. The number of rotatable bonds is 6. The number of hydrogen-bond acceptors (Lipinski definition) is 5. The third kappa shape index (κ3) is 4.11. The molecule has 1 fully saturated rings. The van der Waals surface area contributed by atoms with E-state index >= 15 is 0 Å². The lowest BCUT2D eigenvalue weighted by molar-refractivity contribution is 0.104. The van der Waals surface area contributed by atoms with Crippen LogP contribution in [0.15, 0.2) is 24.3 Å². The van der Waals surface area contributed by atoms with E-state index in [-0.39, 0.29) is 30.7 Å². The highest BCUT2D eigenvalue weighted by molar-refractivity contribution is 5.79. The number of hydrogen-bond donors (Lipinski definition) is 1. The maximum absolute atomic E-state index is 13.5. The van der Waals surface area contributed by atoms with Crippen molar-refractivity contribution >= 4 is 6.16 Å². The van der Waals surface area contributed by atoms with Crippen molar-refractivity contribution in [3.8, 4) is 16.9 Å². The summed E-state index contributed by atoms with van der Waals surface area (Å²) in [5.41, 5.74) is 3.31. The second kappa shape index (κ2) is 8.05. The molecule has 5 nitrogen and oxygen atoms in total. The molecule has 0 unspecified atom stereocenters. The first-order valence-corrected chi connectivity index (χ1v) is 9.24. The molecule has 1 saturated carbocycles. The average molecular weight is 373 g/mol. The Morgan fingerprint density at radius 1 is 1.30 bits per heavy atom. The highest BCUT2D eigenvalue weighted by atomic mass is 19.1. The number of halogens is 1. The van der Waals surface area contributed by atoms with Crippen LogP contribution in [0.4, 0.5) is 9.18 Å². The number of carbonyl (C=O) groups excluding carboxylic acids is 1. The Balaban J connectivity index is 2.26. The summed E-state index contributed by atoms with van der Waals surface area (Å²) in [5, 5.41) is 10.1. The topological polar surface area (TPSA) is 68.7 Å². The molecule has 1 N–H and O–H groups in total. The molecular formula is C21H24FNO4. The first-order valence-electron chi connectivity index (χ1n) is 9.24. The van der Waals surface area contributed by atoms with Crippen molar-refractivity contribution in [2.45, 2.75) is 52.1 Å². The van der Waals surface area contributed by atoms with Gasteiger partial charge in [0.2, 0.25) is 0 Å². The molecule has 0 saturated heterocycles. The molecule has 1 aromatic carbocycles. The van der Waals surface area contributed by atoms with E-state index in [9.17, 15) is 14.3 Å². The Morgan fingerprint density at radius 2 is 1.96 bits per heavy atom. The summed E-state index contributed by atoms with van der Waals surface area (Å²) in [7, 11) is 0. The zero-order valence-electron chi connectivity index (χ0n) is 15.8. The maximum atomic E-state index is 13.5. The predicted molar refractivity (Wildman–Crippen MR) is 99.3 cm³/mol. The number of aliphatic hydroxyl groups excluding tert-OH is 1. The first-order chi connectivity index (χ1) is 13.0. The smallest absolute Gasteiger partial charge is 0.434 e. The van der Waals surface area contributed by atoms with E-state index in [0.717, 1.165) is 18.5 Å². The van der Waals surface area contributed by atoms with Crippen LogP contribution in [0.1, 0.15) is 62.4 Å². The van der Waals surface area contributed by atoms with Gasteiger partial charge < -0.3 is 14.6 Å². The van der Waals surface area contributed by atoms with Crippen molar-refractivity contribution in [2.24, 2.45) is 0 Å². The number of aliphatic hydroxyl groups is 1. The van der Waals surface area contributed by atoms with Crippen LogP contribution >= 0.6 is 0 Å². The minimum absolute atomic E-state index is 0.0149. The molecule has 27 heavy (non-hydrogen) atoms. The molecule has 3 rings (SSSR count). The summed E-state index contributed by atoms with van der Waals surface area (Å²) in [6.45, 7) is 5.55. The van der Waals surface area contributed by atoms with Gasteiger partial charge in [-0.15, -0.1) is 0 Å². The first kappa shape index (κ1) is 19.3. The van der Waals surface area contributed by atoms with Gasteiger partial charge in [0.25, 0.3) is 0 Å². The second-order valence-corrected chi connectivity index (χ2v) is 6.94. The van der Waals surface area contributed by atoms with Gasteiger partial charge in [-0.1, -0.05) is 26.0 Å². The SMILES string of the molecule is CCOC(=O)Oc1c(C(C)C)nc(C2CC2)c(CO)c1-c1ccc(F)cc1. The van der Waals surface area contributed by atoms with Gasteiger partial charge in [0.1, 0.15) is 5.82 Å². The summed E-state index contributed by atoms with van der Waals surface area (Å²) in [4.78, 5) is 16.8. The van der Waals surface area contributed by atoms with Crippen LogP contribution < -0.4 is 4.74 Å². The fraction of sp³-hybridized carbons (Fsp3) is 0.429. The Morgan fingerprint density at radius 3 is 2.48 bits per heavy atom. The molecular weight excluding hydrogens is 349 g/mol. The molecule has 0 amide bonds. The number of pyridine rings is 1. The largest absolute Gasteiger partial charge is 0.513 e. The minimum Gasteiger partial charge on any atom is -0.434 e. The summed E-state index contributed by atoms with van der Waals surface area (Å²) in [6.07, 6.45) is 1.20. The predicted octanol–water partition coefficient (Wildman–Crippen LogP) is 4.92. The molecule has 0 spiro atoms. The van der Waals surface area contributed by atoms with Crippen molar-refractivity contribution in [3.63, 3.8) is 0 Å². The van der Waals surface area contributed by atoms with Crippen molar-refractivity contribution in [3.05, 3.63) is 47.0 Å². The highest BCUT2D eigenvalue weighted by Gasteiger charge is 2.33. The van der Waals surface area contributed by atoms with Crippen LogP contribution in [0.5, 0.6) is 5.75 Å². The molecule has 2 aromatic rings. The van der Waals surface area contributed by atoms with Crippen molar-refractivity contribution in [2.75, 3.05) is 6.61 Å². The van der Waals surface area contributed by atoms with Gasteiger partial charge in [-0.2, -0.15) is 0 Å². The van der Waals surface area contributed by atoms with E-state index in [1.165, 1.54) is 12.1 Å². The Bertz CT molecular complexity index is 829. The number of benzene rings is 1. The molecule has 0 radical (unpaired) electrons. The van der Waals surface area contributed by atoms with Crippen LogP contribution in [0.25, 0.3) is 11.1 Å². The van der Waals surface area contributed by atoms with Crippen molar-refractivity contribution < 1.29 is 23.8 Å². The molecule has 6 heteroatoms. The molecule has 144 valence electrons. The van der Waals surface area contributed by atoms with Gasteiger partial charge in [0.15, 0.2) is 5.75 Å². The number of ether oxygens (including phenoxy) is 2. The van der Waals surface area contributed by atoms with Crippen LogP contribution in [0.3, 0.4) is 0 Å². The Kier molecular flexibility index (Phi) is 5.75. The summed E-state index contributed by atoms with van der Waals surface area (Å²) < 4.78 is 23.9. The Hall–Kier alpha value is -2.47. The molecule has 1 heterocycles. The standard InChI is InChI=1S/C21H24FNO4/c1-4-26-21(25)27-20-17(13-7-9-15(22)10-8-13)16(11-24)19(14-5-6-14)23-18(20)12(2)3/h7-10,12,14,24H,4-6,11H2,1-3H3. The molecule has 1 aromatic heterocycles. The van der Waals surface area contributed by atoms with E-state index in [4.69, 9.17) is 14.5 Å². The lowest BCUT2D eigenvalue weighted by Gasteiger charge is -2.21. The van der Waals surface area contributed by atoms with Gasteiger partial charge in [0.05, 0.1) is 24.6 Å². The normalized spacial score (nSPS) is 13.7. The van der Waals surface area contributed by atoms with E-state index in [1.54, 1.807) is 19.1 Å². The Labute approximate surface area is 158 Å². The maximum Gasteiger partial charge on any atom is 0.513 e. The summed E-state index contributed by atoms with van der Waals surface area (Å²) >= 11 is 0. The number of nitrogens with zero attached hydrogens (tertiary/aromatic N) is 1. The van der Waals surface area contributed by atoms with Gasteiger partial charge >= 0.3 is 6.16 Å². The summed E-state index contributed by atoms with van der Waals surface area (Å²) in [5.74, 6) is 0.181. The van der Waals surface area contributed by atoms with Gasteiger partial charge in [-0.25, -0.2) is 9.18 Å². The average Bonchev–Trinajstić information content (AvgIpc) is 3.47. The lowest BCUT2D eigenvalue weighted by atomic mass is 9.93. The third-order valence-corrected chi connectivity index (χ3v) is 4.56. The zero-order chi connectivity index (χ0) is 19.6. The third-order valence-electron chi connectivity index (χ3n) is 4.56. The van der Waals surface area contributed by atoms with E-state index in [0.29, 0.717) is 28.3 Å². The van der Waals surface area contributed by atoms with Gasteiger partial charge in [-0.05, 0) is 43.4 Å². The number of aromatic nitrogens is 1. The zero-order valence-corrected chi connectivity index (χ0v) is 15.8. The quantitative estimate of drug-likeness (QED) is 0.728. The van der Waals surface area contributed by atoms with E-state index < -0.39 is 6.16 Å². The molecule has 0 bridgehead atoms. The fourth-order valence-electron chi connectivity index (χ4n) is 3.14. The van der Waals surface area contributed by atoms with E-state index in [1.807, 2.05) is 13.8 Å². The van der Waals surface area contributed by atoms with Crippen LogP contribution in [-0.4, -0.2) is 22.9 Å². The molecule has 1 aliphatic carbocycles. The molecule has 0 aliphatic heterocycles. The van der Waals surface area contributed by atoms with Crippen LogP contribution in [-0.2, 0) is 11.3 Å². The van der Waals surface area contributed by atoms with Crippen molar-refractivity contribution in [1.82, 2.24) is 4.98 Å². The van der Waals surface area contributed by atoms with Crippen LogP contribution in [0, 0.1) is 5.82 Å². The lowest BCUT2D eigenvalue weighted by Crippen LogP contribution is -2.16. The second-order valence-electron chi connectivity index (χ2n) is 6.94. The van der Waals surface area contributed by atoms with Gasteiger partial charge in [-0.3, -0.25) is 4.98 Å². The highest BCUT2D eigenvalue weighted by Crippen LogP contribution is 2.47. The monoisotopic (exact) mass is 373 g/mol. The summed E-state index contributed by atoms with van der Waals surface area (Å²) in [6, 6.07) is 5.92. The number of carbonyl (C=O) groups is 1. The molecule has 0 atom stereocenters.